The number of hydrogen-bond acceptors (Lipinski definition) is 2. The van der Waals surface area contributed by atoms with Crippen LogP contribution in [0.1, 0.15) is 11.5 Å². The first kappa shape index (κ1) is 10.8. The lowest BCUT2D eigenvalue weighted by Crippen LogP contribution is -2.21. The molecule has 2 heteroatoms. The van der Waals surface area contributed by atoms with Crippen LogP contribution < -0.4 is 5.22 Å². The fraction of sp³-hybridized carbons (Fsp3) is 0.0588. The zero-order valence-electron chi connectivity index (χ0n) is 10.0. The lowest BCUT2D eigenvalue weighted by Gasteiger charge is -2.19. The topological polar surface area (TPSA) is 17.1 Å². The molecule has 3 aromatic carbocycles. The molecule has 0 spiro atoms. The van der Waals surface area contributed by atoms with Gasteiger partial charge in [-0.1, -0.05) is 54.7 Å². The molecule has 3 aromatic rings. The highest BCUT2D eigenvalue weighted by Crippen LogP contribution is 2.32. The molecule has 1 nitrogen and oxygen atoms in total. The lowest BCUT2D eigenvalue weighted by molar-refractivity contribution is 0.553. The van der Waals surface area contributed by atoms with E-state index in [1.165, 1.54) is 16.2 Å². The third kappa shape index (κ3) is 1.35. The molecular weight excluding hydrogens is 252 g/mol. The molecule has 0 N–H and O–H groups in total. The van der Waals surface area contributed by atoms with Crippen LogP contribution in [0.5, 0.6) is 0 Å². The second-order valence-corrected chi connectivity index (χ2v) is 5.33. The highest BCUT2D eigenvalue weighted by molar-refractivity contribution is 7.81. The summed E-state index contributed by atoms with van der Waals surface area (Å²) in [7, 11) is 0. The number of carbonyl (C=O) groups excluding carboxylic acids is 1. The minimum Gasteiger partial charge on any atom is -0.290 e. The van der Waals surface area contributed by atoms with E-state index in [4.69, 9.17) is 12.2 Å². The highest BCUT2D eigenvalue weighted by Gasteiger charge is 2.23. The van der Waals surface area contributed by atoms with Gasteiger partial charge in [-0.2, -0.15) is 0 Å². The Kier molecular flexibility index (Phi) is 2.12. The first-order valence-electron chi connectivity index (χ1n) is 6.17. The van der Waals surface area contributed by atoms with Crippen LogP contribution in [0.3, 0.4) is 0 Å². The van der Waals surface area contributed by atoms with E-state index in [9.17, 15) is 4.79 Å². The summed E-state index contributed by atoms with van der Waals surface area (Å²) in [6, 6.07) is 14.5. The Morgan fingerprint density at radius 2 is 1.68 bits per heavy atom. The molecular formula is C17H9OS. The Hall–Kier alpha value is -2.06. The van der Waals surface area contributed by atoms with Crippen LogP contribution >= 0.6 is 12.2 Å². The molecule has 0 aliphatic heterocycles. The van der Waals surface area contributed by atoms with Gasteiger partial charge in [-0.3, -0.25) is 4.79 Å². The van der Waals surface area contributed by atoms with Gasteiger partial charge in [0.15, 0.2) is 0 Å². The molecule has 0 heterocycles. The third-order valence-corrected chi connectivity index (χ3v) is 4.21. The summed E-state index contributed by atoms with van der Waals surface area (Å²) < 4.78 is 0. The van der Waals surface area contributed by atoms with E-state index in [1.807, 2.05) is 12.1 Å². The molecule has 0 saturated heterocycles. The van der Waals surface area contributed by atoms with Gasteiger partial charge in [0.2, 0.25) is 6.29 Å². The zero-order valence-corrected chi connectivity index (χ0v) is 10.8. The van der Waals surface area contributed by atoms with Crippen molar-refractivity contribution in [3.8, 4) is 0 Å². The SMILES string of the molecule is O=[C]C1C(=S)C=c2ccc3cccc4ccc1c2c43. The number of hydrogen-bond donors (Lipinski definition) is 0. The third-order valence-electron chi connectivity index (χ3n) is 3.85. The van der Waals surface area contributed by atoms with Gasteiger partial charge in [0.1, 0.15) is 0 Å². The molecule has 1 radical (unpaired) electrons. The van der Waals surface area contributed by atoms with Crippen molar-refractivity contribution in [2.24, 2.45) is 0 Å². The molecule has 1 atom stereocenters. The molecule has 0 fully saturated rings. The molecule has 19 heavy (non-hydrogen) atoms. The van der Waals surface area contributed by atoms with Crippen molar-refractivity contribution in [2.75, 3.05) is 0 Å². The van der Waals surface area contributed by atoms with Crippen LogP contribution in [0.2, 0.25) is 0 Å². The van der Waals surface area contributed by atoms with Crippen LogP contribution in [0.15, 0.2) is 42.5 Å². The second-order valence-electron chi connectivity index (χ2n) is 4.86. The van der Waals surface area contributed by atoms with Crippen LogP contribution in [0, 0.1) is 0 Å². The number of rotatable bonds is 1. The second kappa shape index (κ2) is 3.72. The monoisotopic (exact) mass is 261 g/mol. The summed E-state index contributed by atoms with van der Waals surface area (Å²) in [5.41, 5.74) is 0.988. The lowest BCUT2D eigenvalue weighted by atomic mass is 9.84. The average Bonchev–Trinajstić information content (AvgIpc) is 2.44. The van der Waals surface area contributed by atoms with Gasteiger partial charge in [0.25, 0.3) is 0 Å². The Bertz CT molecular complexity index is 892. The fourth-order valence-corrected chi connectivity index (χ4v) is 3.31. The molecule has 89 valence electrons. The predicted octanol–water partition coefficient (Wildman–Crippen LogP) is 3.07. The van der Waals surface area contributed by atoms with Crippen LogP contribution in [-0.4, -0.2) is 11.2 Å². The van der Waals surface area contributed by atoms with Gasteiger partial charge in [-0.05, 0) is 38.4 Å². The minimum absolute atomic E-state index is 0.405. The maximum absolute atomic E-state index is 11.2. The smallest absolute Gasteiger partial charge is 0.212 e. The molecule has 1 aliphatic rings. The Morgan fingerprint density at radius 1 is 0.947 bits per heavy atom. The Labute approximate surface area is 115 Å². The maximum atomic E-state index is 11.2. The molecule has 0 aromatic heterocycles. The standard InChI is InChI=1S/C17H9OS/c18-9-14-13-7-6-11-3-1-2-10-4-5-12(8-15(14)19)17(13)16(10)11/h1-8,14H. The highest BCUT2D eigenvalue weighted by atomic mass is 32.1. The minimum atomic E-state index is -0.405. The molecule has 1 unspecified atom stereocenters. The van der Waals surface area contributed by atoms with Gasteiger partial charge >= 0.3 is 0 Å². The molecule has 0 bridgehead atoms. The maximum Gasteiger partial charge on any atom is 0.212 e. The van der Waals surface area contributed by atoms with Gasteiger partial charge in [0.05, 0.1) is 5.92 Å². The Morgan fingerprint density at radius 3 is 2.42 bits per heavy atom. The first-order valence-corrected chi connectivity index (χ1v) is 6.58. The van der Waals surface area contributed by atoms with Crippen molar-refractivity contribution in [1.82, 2.24) is 0 Å². The van der Waals surface area contributed by atoms with Crippen molar-refractivity contribution in [2.45, 2.75) is 5.92 Å². The fourth-order valence-electron chi connectivity index (χ4n) is 3.01. The quantitative estimate of drug-likeness (QED) is 0.626. The molecule has 1 aliphatic carbocycles. The van der Waals surface area contributed by atoms with Crippen LogP contribution in [-0.2, 0) is 4.79 Å². The van der Waals surface area contributed by atoms with E-state index in [1.54, 1.807) is 0 Å². The molecule has 0 saturated carbocycles. The summed E-state index contributed by atoms with van der Waals surface area (Å²) >= 11 is 5.32. The van der Waals surface area contributed by atoms with Crippen molar-refractivity contribution < 1.29 is 4.79 Å². The van der Waals surface area contributed by atoms with Crippen molar-refractivity contribution in [3.63, 3.8) is 0 Å². The van der Waals surface area contributed by atoms with E-state index < -0.39 is 5.92 Å². The largest absolute Gasteiger partial charge is 0.290 e. The van der Waals surface area contributed by atoms with E-state index in [-0.39, 0.29) is 0 Å². The van der Waals surface area contributed by atoms with Crippen molar-refractivity contribution in [3.05, 3.63) is 53.2 Å². The summed E-state index contributed by atoms with van der Waals surface area (Å²) in [6.07, 6.45) is 4.01. The van der Waals surface area contributed by atoms with E-state index in [0.717, 1.165) is 16.2 Å². The average molecular weight is 261 g/mol. The van der Waals surface area contributed by atoms with E-state index >= 15 is 0 Å². The van der Waals surface area contributed by atoms with Crippen molar-refractivity contribution in [1.29, 1.82) is 0 Å². The summed E-state index contributed by atoms with van der Waals surface area (Å²) in [5.74, 6) is -0.405. The van der Waals surface area contributed by atoms with Crippen LogP contribution in [0.25, 0.3) is 27.6 Å². The number of thiocarbonyl (C=S) groups is 1. The Balaban J connectivity index is 2.34. The summed E-state index contributed by atoms with van der Waals surface area (Å²) in [5, 5.41) is 5.87. The normalized spacial score (nSPS) is 17.7. The van der Waals surface area contributed by atoms with Gasteiger partial charge < -0.3 is 0 Å². The van der Waals surface area contributed by atoms with Crippen molar-refractivity contribution >= 4 is 51.0 Å². The van der Waals surface area contributed by atoms with Gasteiger partial charge in [-0.25, -0.2) is 0 Å². The first-order chi connectivity index (χ1) is 9.29. The van der Waals surface area contributed by atoms with Gasteiger partial charge in [0, 0.05) is 4.86 Å². The predicted molar refractivity (Wildman–Crippen MR) is 82.2 cm³/mol. The molecule has 4 rings (SSSR count). The zero-order chi connectivity index (χ0) is 13.0. The van der Waals surface area contributed by atoms with E-state index in [0.29, 0.717) is 4.86 Å². The van der Waals surface area contributed by atoms with E-state index in [2.05, 4.69) is 42.7 Å². The summed E-state index contributed by atoms with van der Waals surface area (Å²) in [6.45, 7) is 0. The summed E-state index contributed by atoms with van der Waals surface area (Å²) in [4.78, 5) is 11.9. The number of benzene rings is 3. The van der Waals surface area contributed by atoms with Gasteiger partial charge in [-0.15, -0.1) is 0 Å². The van der Waals surface area contributed by atoms with Crippen LogP contribution in [0.4, 0.5) is 0 Å². The molecule has 0 amide bonds.